The van der Waals surface area contributed by atoms with Crippen LogP contribution >= 0.6 is 15.9 Å². The SMILES string of the molecule is COC(=O)C(CC(C)C)NC(C1=CC=C(c2cccc(Br)c2)C(O)(F)C1)C(F)(F)F. The van der Waals surface area contributed by atoms with Crippen LogP contribution in [0.1, 0.15) is 32.3 Å². The maximum atomic E-state index is 15.1. The first-order valence-corrected chi connectivity index (χ1v) is 10.1. The summed E-state index contributed by atoms with van der Waals surface area (Å²) in [5.41, 5.74) is -0.211. The Balaban J connectivity index is 2.41. The van der Waals surface area contributed by atoms with Crippen molar-refractivity contribution < 1.29 is 32.2 Å². The van der Waals surface area contributed by atoms with Crippen molar-refractivity contribution in [3.63, 3.8) is 0 Å². The van der Waals surface area contributed by atoms with E-state index in [0.29, 0.717) is 10.0 Å². The van der Waals surface area contributed by atoms with Crippen molar-refractivity contribution in [3.8, 4) is 0 Å². The Labute approximate surface area is 181 Å². The molecule has 0 fully saturated rings. The van der Waals surface area contributed by atoms with Crippen molar-refractivity contribution in [1.82, 2.24) is 5.32 Å². The first kappa shape index (κ1) is 24.6. The number of carbonyl (C=O) groups is 1. The highest BCUT2D eigenvalue weighted by atomic mass is 79.9. The fourth-order valence-corrected chi connectivity index (χ4v) is 3.77. The van der Waals surface area contributed by atoms with Crippen LogP contribution in [0.5, 0.6) is 0 Å². The largest absolute Gasteiger partial charge is 0.468 e. The minimum atomic E-state index is -4.81. The molecule has 2 rings (SSSR count). The smallest absolute Gasteiger partial charge is 0.407 e. The lowest BCUT2D eigenvalue weighted by Crippen LogP contribution is -2.53. The lowest BCUT2D eigenvalue weighted by molar-refractivity contribution is -0.158. The quantitative estimate of drug-likeness (QED) is 0.417. The van der Waals surface area contributed by atoms with Crippen molar-refractivity contribution >= 4 is 27.5 Å². The fraction of sp³-hybridized carbons (Fsp3) is 0.476. The molecule has 3 atom stereocenters. The van der Waals surface area contributed by atoms with Crippen molar-refractivity contribution in [3.05, 3.63) is 52.0 Å². The monoisotopic (exact) mass is 493 g/mol. The number of aliphatic hydroxyl groups is 1. The molecule has 9 heteroatoms. The zero-order chi connectivity index (χ0) is 22.7. The van der Waals surface area contributed by atoms with Gasteiger partial charge in [-0.2, -0.15) is 13.2 Å². The van der Waals surface area contributed by atoms with E-state index >= 15 is 4.39 Å². The lowest BCUT2D eigenvalue weighted by atomic mass is 9.85. The predicted octanol–water partition coefficient (Wildman–Crippen LogP) is 4.93. The molecule has 2 N–H and O–H groups in total. The zero-order valence-electron chi connectivity index (χ0n) is 16.8. The van der Waals surface area contributed by atoms with Gasteiger partial charge in [0.25, 0.3) is 0 Å². The first-order chi connectivity index (χ1) is 13.8. The third-order valence-electron chi connectivity index (χ3n) is 4.71. The van der Waals surface area contributed by atoms with E-state index in [1.807, 2.05) is 0 Å². The minimum Gasteiger partial charge on any atom is -0.468 e. The van der Waals surface area contributed by atoms with E-state index in [-0.39, 0.29) is 17.9 Å². The van der Waals surface area contributed by atoms with Gasteiger partial charge in [0.1, 0.15) is 12.1 Å². The van der Waals surface area contributed by atoms with E-state index in [2.05, 4.69) is 26.0 Å². The summed E-state index contributed by atoms with van der Waals surface area (Å²) >= 11 is 3.25. The van der Waals surface area contributed by atoms with E-state index in [1.165, 1.54) is 0 Å². The highest BCUT2D eigenvalue weighted by molar-refractivity contribution is 9.10. The van der Waals surface area contributed by atoms with Gasteiger partial charge in [0.05, 0.1) is 7.11 Å². The molecule has 0 saturated heterocycles. The van der Waals surface area contributed by atoms with E-state index in [0.717, 1.165) is 19.3 Å². The van der Waals surface area contributed by atoms with Gasteiger partial charge in [-0.3, -0.25) is 10.1 Å². The van der Waals surface area contributed by atoms with Crippen LogP contribution in [-0.4, -0.2) is 42.3 Å². The Morgan fingerprint density at radius 1 is 1.33 bits per heavy atom. The molecular weight excluding hydrogens is 470 g/mol. The molecule has 1 aromatic carbocycles. The Bertz CT molecular complexity index is 834. The van der Waals surface area contributed by atoms with Crippen LogP contribution in [0.15, 0.2) is 46.5 Å². The molecule has 0 radical (unpaired) electrons. The standard InChI is InChI=1S/C21H24BrF4NO3/c1-12(2)9-17(19(28)30-3)27-18(21(24,25)26)14-7-8-16(20(23,29)11-14)13-5-4-6-15(22)10-13/h4-8,10,12,17-18,27,29H,9,11H2,1-3H3. The third kappa shape index (κ3) is 6.15. The number of alkyl halides is 4. The molecular formula is C21H24BrF4NO3. The van der Waals surface area contributed by atoms with Crippen molar-refractivity contribution in [1.29, 1.82) is 0 Å². The molecule has 1 aliphatic rings. The van der Waals surface area contributed by atoms with Gasteiger partial charge in [0.2, 0.25) is 5.85 Å². The molecule has 0 aliphatic heterocycles. The molecule has 166 valence electrons. The average Bonchev–Trinajstić information content (AvgIpc) is 2.62. The summed E-state index contributed by atoms with van der Waals surface area (Å²) in [5, 5.41) is 12.6. The van der Waals surface area contributed by atoms with Crippen molar-refractivity contribution in [2.24, 2.45) is 5.92 Å². The summed E-state index contributed by atoms with van der Waals surface area (Å²) in [6.07, 6.45) is -3.33. The Kier molecular flexibility index (Phi) is 7.87. The zero-order valence-corrected chi connectivity index (χ0v) is 18.3. The van der Waals surface area contributed by atoms with Gasteiger partial charge < -0.3 is 9.84 Å². The normalized spacial score (nSPS) is 21.7. The molecule has 0 heterocycles. The number of hydrogen-bond donors (Lipinski definition) is 2. The summed E-state index contributed by atoms with van der Waals surface area (Å²) in [4.78, 5) is 12.0. The van der Waals surface area contributed by atoms with Gasteiger partial charge in [-0.15, -0.1) is 0 Å². The Morgan fingerprint density at radius 2 is 2.00 bits per heavy atom. The second-order valence-electron chi connectivity index (χ2n) is 7.61. The number of methoxy groups -OCH3 is 1. The van der Waals surface area contributed by atoms with Gasteiger partial charge in [0, 0.05) is 16.5 Å². The van der Waals surface area contributed by atoms with Gasteiger partial charge in [0.15, 0.2) is 0 Å². The topological polar surface area (TPSA) is 58.6 Å². The van der Waals surface area contributed by atoms with Gasteiger partial charge >= 0.3 is 12.1 Å². The number of halogens is 5. The number of rotatable bonds is 7. The fourth-order valence-electron chi connectivity index (χ4n) is 3.37. The summed E-state index contributed by atoms with van der Waals surface area (Å²) < 4.78 is 61.7. The summed E-state index contributed by atoms with van der Waals surface area (Å²) in [5.74, 6) is -3.93. The molecule has 1 aromatic rings. The minimum absolute atomic E-state index is 0.0862. The van der Waals surface area contributed by atoms with E-state index in [4.69, 9.17) is 0 Å². The van der Waals surface area contributed by atoms with Crippen LogP contribution < -0.4 is 5.32 Å². The maximum Gasteiger partial charge on any atom is 0.407 e. The first-order valence-electron chi connectivity index (χ1n) is 9.34. The molecule has 0 aromatic heterocycles. The average molecular weight is 494 g/mol. The number of nitrogens with one attached hydrogen (secondary N) is 1. The summed E-state index contributed by atoms with van der Waals surface area (Å²) in [6.45, 7) is 3.51. The van der Waals surface area contributed by atoms with E-state index in [1.54, 1.807) is 38.1 Å². The molecule has 1 aliphatic carbocycles. The van der Waals surface area contributed by atoms with Crippen molar-refractivity contribution in [2.45, 2.75) is 50.8 Å². The van der Waals surface area contributed by atoms with Crippen LogP contribution in [-0.2, 0) is 9.53 Å². The molecule has 30 heavy (non-hydrogen) atoms. The van der Waals surface area contributed by atoms with Gasteiger partial charge in [-0.05, 0) is 35.6 Å². The maximum absolute atomic E-state index is 15.1. The molecule has 0 amide bonds. The molecule has 4 nitrogen and oxygen atoms in total. The number of allylic oxidation sites excluding steroid dienone is 2. The number of ether oxygens (including phenoxy) is 1. The van der Waals surface area contributed by atoms with Crippen LogP contribution in [0.3, 0.4) is 0 Å². The van der Waals surface area contributed by atoms with Crippen LogP contribution in [0.25, 0.3) is 5.57 Å². The van der Waals surface area contributed by atoms with E-state index < -0.39 is 42.1 Å². The third-order valence-corrected chi connectivity index (χ3v) is 5.20. The number of esters is 1. The second kappa shape index (κ2) is 9.62. The number of carbonyl (C=O) groups excluding carboxylic acids is 1. The summed E-state index contributed by atoms with van der Waals surface area (Å²) in [7, 11) is 1.09. The molecule has 0 saturated carbocycles. The van der Waals surface area contributed by atoms with Crippen LogP contribution in [0.4, 0.5) is 17.6 Å². The lowest BCUT2D eigenvalue weighted by Gasteiger charge is -2.34. The van der Waals surface area contributed by atoms with Crippen molar-refractivity contribution in [2.75, 3.05) is 7.11 Å². The Hall–Kier alpha value is -1.71. The molecule has 0 spiro atoms. The molecule has 3 unspecified atom stereocenters. The Morgan fingerprint density at radius 3 is 2.50 bits per heavy atom. The molecule has 0 bridgehead atoms. The second-order valence-corrected chi connectivity index (χ2v) is 8.53. The predicted molar refractivity (Wildman–Crippen MR) is 109 cm³/mol. The number of benzene rings is 1. The number of hydrogen-bond acceptors (Lipinski definition) is 4. The van der Waals surface area contributed by atoms with E-state index in [9.17, 15) is 23.1 Å². The van der Waals surface area contributed by atoms with Crippen LogP contribution in [0.2, 0.25) is 0 Å². The summed E-state index contributed by atoms with van der Waals surface area (Å²) in [6, 6.07) is 2.90. The highest BCUT2D eigenvalue weighted by Crippen LogP contribution is 2.41. The van der Waals surface area contributed by atoms with Gasteiger partial charge in [-0.25, -0.2) is 4.39 Å². The van der Waals surface area contributed by atoms with Crippen LogP contribution in [0, 0.1) is 5.92 Å². The van der Waals surface area contributed by atoms with Gasteiger partial charge in [-0.1, -0.05) is 54.1 Å². The highest BCUT2D eigenvalue weighted by Gasteiger charge is 2.48.